The van der Waals surface area contributed by atoms with Crippen molar-refractivity contribution in [3.05, 3.63) is 68.5 Å². The highest BCUT2D eigenvalue weighted by Crippen LogP contribution is 2.31. The van der Waals surface area contributed by atoms with E-state index >= 15 is 4.39 Å². The van der Waals surface area contributed by atoms with E-state index in [-0.39, 0.29) is 11.2 Å². The smallest absolute Gasteiger partial charge is 0.199 e. The van der Waals surface area contributed by atoms with Crippen molar-refractivity contribution in [1.29, 1.82) is 0 Å². The summed E-state index contributed by atoms with van der Waals surface area (Å²) < 4.78 is 18.3. The number of pyridine rings is 1. The number of halogens is 2. The van der Waals surface area contributed by atoms with Crippen molar-refractivity contribution in [2.24, 2.45) is 0 Å². The molecule has 0 unspecified atom stereocenters. The van der Waals surface area contributed by atoms with Gasteiger partial charge >= 0.3 is 0 Å². The Bertz CT molecular complexity index is 1350. The summed E-state index contributed by atoms with van der Waals surface area (Å²) in [6.07, 6.45) is 6.39. The molecule has 5 rings (SSSR count). The van der Waals surface area contributed by atoms with Crippen LogP contribution in [0.1, 0.15) is 32.6 Å². The molecule has 0 aliphatic carbocycles. The molecule has 170 valence electrons. The van der Waals surface area contributed by atoms with Crippen molar-refractivity contribution in [3.8, 4) is 21.8 Å². The van der Waals surface area contributed by atoms with Gasteiger partial charge in [0.2, 0.25) is 0 Å². The highest BCUT2D eigenvalue weighted by atomic mass is 79.9. The van der Waals surface area contributed by atoms with Gasteiger partial charge in [0.05, 0.1) is 22.5 Å². The first-order valence-electron chi connectivity index (χ1n) is 11.4. The molecule has 0 amide bonds. The van der Waals surface area contributed by atoms with E-state index in [0.29, 0.717) is 28.2 Å². The van der Waals surface area contributed by atoms with E-state index in [9.17, 15) is 4.79 Å². The van der Waals surface area contributed by atoms with Crippen molar-refractivity contribution < 1.29 is 4.39 Å². The summed E-state index contributed by atoms with van der Waals surface area (Å²) in [5, 5.41) is 3.02. The fourth-order valence-corrected chi connectivity index (χ4v) is 5.62. The molecule has 4 nitrogen and oxygen atoms in total. The predicted molar refractivity (Wildman–Crippen MR) is 139 cm³/mol. The lowest BCUT2D eigenvalue weighted by Crippen LogP contribution is -2.25. The van der Waals surface area contributed by atoms with Crippen LogP contribution in [0.25, 0.3) is 32.7 Å². The second-order valence-electron chi connectivity index (χ2n) is 8.42. The molecule has 0 radical (unpaired) electrons. The minimum absolute atomic E-state index is 0.173. The summed E-state index contributed by atoms with van der Waals surface area (Å²) in [5.41, 5.74) is 3.53. The molecular weight excluding hydrogens is 501 g/mol. The van der Waals surface area contributed by atoms with Crippen molar-refractivity contribution in [2.75, 3.05) is 18.0 Å². The number of rotatable bonds is 4. The van der Waals surface area contributed by atoms with Crippen LogP contribution in [0.3, 0.4) is 0 Å². The van der Waals surface area contributed by atoms with Gasteiger partial charge in [-0.05, 0) is 44.0 Å². The number of benzene rings is 2. The molecule has 0 bridgehead atoms. The van der Waals surface area contributed by atoms with Crippen LogP contribution in [0.15, 0.2) is 57.2 Å². The average Bonchev–Trinajstić information content (AvgIpc) is 3.15. The Kier molecular flexibility index (Phi) is 6.34. The van der Waals surface area contributed by atoms with E-state index in [1.165, 1.54) is 30.2 Å². The van der Waals surface area contributed by atoms with Crippen LogP contribution in [0.4, 0.5) is 10.1 Å². The number of hydrogen-bond donors (Lipinski definition) is 0. The Morgan fingerprint density at radius 1 is 1.09 bits per heavy atom. The van der Waals surface area contributed by atoms with Crippen molar-refractivity contribution in [3.63, 3.8) is 0 Å². The lowest BCUT2D eigenvalue weighted by Gasteiger charge is -2.24. The van der Waals surface area contributed by atoms with Crippen LogP contribution in [0.5, 0.6) is 0 Å². The SMILES string of the molecule is CCn1cc(-c2nc(-c3ccc(Br)cc3)cs2)c(=O)c2cc(F)c(N3CCCCCC3)cc21. The van der Waals surface area contributed by atoms with Crippen LogP contribution in [0.2, 0.25) is 0 Å². The Balaban J connectivity index is 1.60. The van der Waals surface area contributed by atoms with Gasteiger partial charge in [-0.25, -0.2) is 9.37 Å². The van der Waals surface area contributed by atoms with Gasteiger partial charge in [-0.2, -0.15) is 0 Å². The zero-order chi connectivity index (χ0) is 22.9. The largest absolute Gasteiger partial charge is 0.369 e. The molecular formula is C26H25BrFN3OS. The number of aromatic nitrogens is 2. The maximum atomic E-state index is 15.2. The third-order valence-corrected chi connectivity index (χ3v) is 7.72. The van der Waals surface area contributed by atoms with Crippen LogP contribution in [-0.2, 0) is 6.54 Å². The summed E-state index contributed by atoms with van der Waals surface area (Å²) in [5.74, 6) is -0.323. The second-order valence-corrected chi connectivity index (χ2v) is 10.2. The lowest BCUT2D eigenvalue weighted by molar-refractivity contribution is 0.618. The number of aryl methyl sites for hydroxylation is 1. The minimum atomic E-state index is -0.323. The van der Waals surface area contributed by atoms with E-state index in [1.54, 1.807) is 0 Å². The second kappa shape index (κ2) is 9.39. The Morgan fingerprint density at radius 2 is 1.82 bits per heavy atom. The molecule has 1 aliphatic rings. The van der Waals surface area contributed by atoms with Gasteiger partial charge in [0.15, 0.2) is 5.43 Å². The standard InChI is InChI=1S/C26H25BrFN3OS/c1-2-30-15-20(26-29-22(16-33-26)17-7-9-18(27)10-8-17)25(32)19-13-21(28)24(14-23(19)30)31-11-5-3-4-6-12-31/h7-10,13-16H,2-6,11-12H2,1H3. The third-order valence-electron chi connectivity index (χ3n) is 6.31. The highest BCUT2D eigenvalue weighted by Gasteiger charge is 2.19. The maximum Gasteiger partial charge on any atom is 0.199 e. The fraction of sp³-hybridized carbons (Fsp3) is 0.308. The normalized spacial score (nSPS) is 14.6. The van der Waals surface area contributed by atoms with E-state index in [2.05, 4.69) is 20.8 Å². The van der Waals surface area contributed by atoms with Crippen LogP contribution in [-0.4, -0.2) is 22.6 Å². The molecule has 1 saturated heterocycles. The van der Waals surface area contributed by atoms with Gasteiger partial charge in [-0.3, -0.25) is 4.79 Å². The monoisotopic (exact) mass is 525 g/mol. The first-order valence-corrected chi connectivity index (χ1v) is 13.1. The van der Waals surface area contributed by atoms with Gasteiger partial charge in [0.1, 0.15) is 10.8 Å². The maximum absolute atomic E-state index is 15.2. The zero-order valence-electron chi connectivity index (χ0n) is 18.5. The zero-order valence-corrected chi connectivity index (χ0v) is 20.9. The van der Waals surface area contributed by atoms with Crippen LogP contribution in [0, 0.1) is 5.82 Å². The quantitative estimate of drug-likeness (QED) is 0.285. The molecule has 7 heteroatoms. The van der Waals surface area contributed by atoms with E-state index in [1.807, 2.05) is 53.4 Å². The number of hydrogen-bond acceptors (Lipinski definition) is 4. The van der Waals surface area contributed by atoms with Gasteiger partial charge in [0.25, 0.3) is 0 Å². The molecule has 33 heavy (non-hydrogen) atoms. The summed E-state index contributed by atoms with van der Waals surface area (Å²) in [4.78, 5) is 20.3. The van der Waals surface area contributed by atoms with E-state index in [4.69, 9.17) is 4.98 Å². The lowest BCUT2D eigenvalue weighted by atomic mass is 10.1. The summed E-state index contributed by atoms with van der Waals surface area (Å²) in [6, 6.07) is 11.2. The van der Waals surface area contributed by atoms with Crippen molar-refractivity contribution in [2.45, 2.75) is 39.2 Å². The number of fused-ring (bicyclic) bond motifs is 1. The Hall–Kier alpha value is -2.51. The van der Waals surface area contributed by atoms with Gasteiger partial charge in [-0.15, -0.1) is 11.3 Å². The summed E-state index contributed by atoms with van der Waals surface area (Å²) in [6.45, 7) is 4.43. The fourth-order valence-electron chi connectivity index (χ4n) is 4.52. The average molecular weight is 526 g/mol. The molecule has 0 N–H and O–H groups in total. The van der Waals surface area contributed by atoms with E-state index < -0.39 is 0 Å². The molecule has 1 aliphatic heterocycles. The Morgan fingerprint density at radius 3 is 2.52 bits per heavy atom. The Labute approximate surface area is 204 Å². The van der Waals surface area contributed by atoms with Crippen molar-refractivity contribution in [1.82, 2.24) is 9.55 Å². The summed E-state index contributed by atoms with van der Waals surface area (Å²) in [7, 11) is 0. The van der Waals surface area contributed by atoms with Crippen LogP contribution >= 0.6 is 27.3 Å². The van der Waals surface area contributed by atoms with E-state index in [0.717, 1.165) is 47.2 Å². The topological polar surface area (TPSA) is 38.1 Å². The predicted octanol–water partition coefficient (Wildman–Crippen LogP) is 7.09. The summed E-state index contributed by atoms with van der Waals surface area (Å²) >= 11 is 4.89. The first-order chi connectivity index (χ1) is 16.0. The molecule has 3 heterocycles. The molecule has 0 spiro atoms. The number of thiazole rings is 1. The van der Waals surface area contributed by atoms with Gasteiger partial charge < -0.3 is 9.47 Å². The first kappa shape index (κ1) is 22.3. The van der Waals surface area contributed by atoms with Gasteiger partial charge in [0, 0.05) is 46.6 Å². The third kappa shape index (κ3) is 4.36. The van der Waals surface area contributed by atoms with Gasteiger partial charge in [-0.1, -0.05) is 40.9 Å². The molecule has 0 saturated carbocycles. The van der Waals surface area contributed by atoms with Crippen LogP contribution < -0.4 is 10.3 Å². The number of nitrogens with zero attached hydrogens (tertiary/aromatic N) is 3. The molecule has 1 fully saturated rings. The molecule has 4 aromatic rings. The molecule has 2 aromatic carbocycles. The molecule has 2 aromatic heterocycles. The van der Waals surface area contributed by atoms with Crippen molar-refractivity contribution >= 4 is 43.9 Å². The number of anilines is 1. The minimum Gasteiger partial charge on any atom is -0.369 e. The highest BCUT2D eigenvalue weighted by molar-refractivity contribution is 9.10. The molecule has 0 atom stereocenters.